The Morgan fingerprint density at radius 2 is 1.79 bits per heavy atom. The number of non-ortho nitro benzene ring substituents is 1. The van der Waals surface area contributed by atoms with Crippen molar-refractivity contribution in [2.24, 2.45) is 0 Å². The van der Waals surface area contributed by atoms with Gasteiger partial charge in [0.05, 0.1) is 21.9 Å². The Hall–Kier alpha value is -1.49. The first-order valence-corrected chi connectivity index (χ1v) is 9.13. The lowest BCUT2D eigenvalue weighted by atomic mass is 9.90. The molecule has 24 heavy (non-hydrogen) atoms. The fourth-order valence-corrected chi connectivity index (χ4v) is 3.38. The van der Waals surface area contributed by atoms with Gasteiger partial charge in [-0.3, -0.25) is 10.1 Å². The van der Waals surface area contributed by atoms with Crippen molar-refractivity contribution < 1.29 is 22.6 Å². The standard InChI is InChI=1S/C14H21BN2O6S/c1-13(2)14(3,4)23-15(22-13)10-16-24(20,21)9-11-6-5-7-12(8-11)17(18)19/h5-8,16H,9-10H2,1-4H3. The summed E-state index contributed by atoms with van der Waals surface area (Å²) in [5.41, 5.74) is -0.883. The lowest BCUT2D eigenvalue weighted by molar-refractivity contribution is -0.384. The van der Waals surface area contributed by atoms with Crippen molar-refractivity contribution in [3.8, 4) is 0 Å². The quantitative estimate of drug-likeness (QED) is 0.472. The van der Waals surface area contributed by atoms with E-state index in [-0.39, 0.29) is 17.9 Å². The number of nitro benzene ring substituents is 1. The average molecular weight is 356 g/mol. The second kappa shape index (κ2) is 6.43. The molecular weight excluding hydrogens is 335 g/mol. The smallest absolute Gasteiger partial charge is 0.402 e. The van der Waals surface area contributed by atoms with Crippen molar-refractivity contribution in [1.82, 2.24) is 4.72 Å². The van der Waals surface area contributed by atoms with E-state index in [9.17, 15) is 18.5 Å². The minimum Gasteiger partial charge on any atom is -0.402 e. The van der Waals surface area contributed by atoms with E-state index in [2.05, 4.69) is 4.72 Å². The molecule has 0 bridgehead atoms. The van der Waals surface area contributed by atoms with Crippen LogP contribution in [0.5, 0.6) is 0 Å². The van der Waals surface area contributed by atoms with E-state index >= 15 is 0 Å². The number of nitrogens with zero attached hydrogens (tertiary/aromatic N) is 1. The molecule has 1 aromatic rings. The van der Waals surface area contributed by atoms with E-state index in [0.717, 1.165) is 0 Å². The maximum absolute atomic E-state index is 12.2. The number of benzene rings is 1. The highest BCUT2D eigenvalue weighted by atomic mass is 32.2. The van der Waals surface area contributed by atoms with Gasteiger partial charge in [0.2, 0.25) is 10.0 Å². The molecule has 1 fully saturated rings. The van der Waals surface area contributed by atoms with E-state index in [0.29, 0.717) is 5.56 Å². The normalized spacial score (nSPS) is 19.4. The highest BCUT2D eigenvalue weighted by Gasteiger charge is 2.51. The van der Waals surface area contributed by atoms with Crippen LogP contribution in [0.25, 0.3) is 0 Å². The lowest BCUT2D eigenvalue weighted by Crippen LogP contribution is -2.41. The third-order valence-electron chi connectivity index (χ3n) is 4.25. The molecule has 0 saturated carbocycles. The summed E-state index contributed by atoms with van der Waals surface area (Å²) >= 11 is 0. The molecule has 0 unspecified atom stereocenters. The molecule has 0 aliphatic carbocycles. The zero-order chi connectivity index (χ0) is 18.2. The van der Waals surface area contributed by atoms with Gasteiger partial charge in [0.25, 0.3) is 5.69 Å². The summed E-state index contributed by atoms with van der Waals surface area (Å²) in [6, 6.07) is 5.54. The Bertz CT molecular complexity index is 719. The van der Waals surface area contributed by atoms with Gasteiger partial charge < -0.3 is 9.31 Å². The number of sulfonamides is 1. The van der Waals surface area contributed by atoms with Crippen molar-refractivity contribution in [2.75, 3.05) is 6.44 Å². The summed E-state index contributed by atoms with van der Waals surface area (Å²) in [7, 11) is -4.36. The molecule has 1 aromatic carbocycles. The number of hydrogen-bond acceptors (Lipinski definition) is 6. The summed E-state index contributed by atoms with van der Waals surface area (Å²) in [5, 5.41) is 10.7. The van der Waals surface area contributed by atoms with Gasteiger partial charge in [0, 0.05) is 18.6 Å². The summed E-state index contributed by atoms with van der Waals surface area (Å²) in [6.45, 7) is 7.52. The first-order valence-electron chi connectivity index (χ1n) is 7.48. The fourth-order valence-electron chi connectivity index (χ4n) is 2.27. The molecule has 1 heterocycles. The van der Waals surface area contributed by atoms with E-state index in [1.165, 1.54) is 24.3 Å². The Balaban J connectivity index is 1.98. The predicted molar refractivity (Wildman–Crippen MR) is 89.8 cm³/mol. The van der Waals surface area contributed by atoms with Gasteiger partial charge in [-0.2, -0.15) is 0 Å². The summed E-state index contributed by atoms with van der Waals surface area (Å²) in [6.07, 6.45) is -0.0237. The molecule has 0 aromatic heterocycles. The van der Waals surface area contributed by atoms with E-state index in [1.807, 2.05) is 27.7 Å². The fraction of sp³-hybridized carbons (Fsp3) is 0.571. The Morgan fingerprint density at radius 3 is 2.33 bits per heavy atom. The minimum absolute atomic E-state index is 0.0237. The largest absolute Gasteiger partial charge is 0.473 e. The van der Waals surface area contributed by atoms with Gasteiger partial charge in [0.1, 0.15) is 0 Å². The molecule has 1 N–H and O–H groups in total. The second-order valence-electron chi connectivity index (χ2n) is 6.72. The van der Waals surface area contributed by atoms with Gasteiger partial charge in [0.15, 0.2) is 0 Å². The molecule has 2 rings (SSSR count). The van der Waals surface area contributed by atoms with Crippen molar-refractivity contribution in [3.05, 3.63) is 39.9 Å². The van der Waals surface area contributed by atoms with E-state index in [1.54, 1.807) is 0 Å². The van der Waals surface area contributed by atoms with Crippen LogP contribution in [0.4, 0.5) is 5.69 Å². The number of nitro groups is 1. The maximum atomic E-state index is 12.2. The number of hydrogen-bond donors (Lipinski definition) is 1. The monoisotopic (exact) mass is 356 g/mol. The minimum atomic E-state index is -3.67. The summed E-state index contributed by atoms with van der Waals surface area (Å²) in [5.74, 6) is -0.353. The molecule has 1 saturated heterocycles. The first-order chi connectivity index (χ1) is 10.9. The molecule has 1 aliphatic rings. The molecule has 132 valence electrons. The van der Waals surface area contributed by atoms with Crippen LogP contribution in [0.3, 0.4) is 0 Å². The second-order valence-corrected chi connectivity index (χ2v) is 8.53. The van der Waals surface area contributed by atoms with Crippen LogP contribution in [0.2, 0.25) is 0 Å². The van der Waals surface area contributed by atoms with Crippen molar-refractivity contribution in [3.63, 3.8) is 0 Å². The van der Waals surface area contributed by atoms with E-state index in [4.69, 9.17) is 9.31 Å². The molecule has 0 atom stereocenters. The zero-order valence-electron chi connectivity index (χ0n) is 14.1. The average Bonchev–Trinajstić information content (AvgIpc) is 2.64. The Labute approximate surface area is 141 Å². The number of rotatable bonds is 6. The molecule has 0 amide bonds. The summed E-state index contributed by atoms with van der Waals surface area (Å²) in [4.78, 5) is 10.2. The Kier molecular flexibility index (Phi) is 5.05. The molecule has 0 spiro atoms. The van der Waals surface area contributed by atoms with Crippen LogP contribution < -0.4 is 4.72 Å². The highest BCUT2D eigenvalue weighted by molar-refractivity contribution is 7.88. The molecule has 0 radical (unpaired) electrons. The topological polar surface area (TPSA) is 108 Å². The maximum Gasteiger partial charge on any atom is 0.473 e. The van der Waals surface area contributed by atoms with Crippen molar-refractivity contribution in [2.45, 2.75) is 44.6 Å². The highest BCUT2D eigenvalue weighted by Crippen LogP contribution is 2.36. The van der Waals surface area contributed by atoms with Crippen LogP contribution in [0, 0.1) is 10.1 Å². The van der Waals surface area contributed by atoms with Gasteiger partial charge in [-0.25, -0.2) is 13.1 Å². The van der Waals surface area contributed by atoms with Gasteiger partial charge >= 0.3 is 7.12 Å². The summed E-state index contributed by atoms with van der Waals surface area (Å²) < 4.78 is 38.2. The van der Waals surface area contributed by atoms with Crippen molar-refractivity contribution in [1.29, 1.82) is 0 Å². The third-order valence-corrected chi connectivity index (χ3v) is 5.57. The van der Waals surface area contributed by atoms with Gasteiger partial charge in [-0.15, -0.1) is 0 Å². The third kappa shape index (κ3) is 4.32. The van der Waals surface area contributed by atoms with Crippen molar-refractivity contribution >= 4 is 22.8 Å². The van der Waals surface area contributed by atoms with Crippen LogP contribution >= 0.6 is 0 Å². The van der Waals surface area contributed by atoms with Gasteiger partial charge in [-0.1, -0.05) is 12.1 Å². The molecule has 8 nitrogen and oxygen atoms in total. The molecule has 1 aliphatic heterocycles. The molecule has 10 heteroatoms. The molecular formula is C14H21BN2O6S. The van der Waals surface area contributed by atoms with Gasteiger partial charge in [-0.05, 0) is 33.3 Å². The zero-order valence-corrected chi connectivity index (χ0v) is 14.9. The number of nitrogens with one attached hydrogen (secondary N) is 1. The van der Waals surface area contributed by atoms with E-state index < -0.39 is 33.3 Å². The predicted octanol–water partition coefficient (Wildman–Crippen LogP) is 1.65. The Morgan fingerprint density at radius 1 is 1.21 bits per heavy atom. The SMILES string of the molecule is CC1(C)OB(CNS(=O)(=O)Cc2cccc([N+](=O)[O-])c2)OC1(C)C. The van der Waals surface area contributed by atoms with Crippen LogP contribution in [-0.2, 0) is 25.1 Å². The van der Waals surface area contributed by atoms with Crippen LogP contribution in [0.15, 0.2) is 24.3 Å². The van der Waals surface area contributed by atoms with Crippen LogP contribution in [0.1, 0.15) is 33.3 Å². The first kappa shape index (κ1) is 18.8. The lowest BCUT2D eigenvalue weighted by Gasteiger charge is -2.32. The van der Waals surface area contributed by atoms with Crippen LogP contribution in [-0.4, -0.2) is 38.1 Å².